The molecule has 0 aliphatic carbocycles. The van der Waals surface area contributed by atoms with E-state index in [0.29, 0.717) is 13.2 Å². The van der Waals surface area contributed by atoms with E-state index < -0.39 is 22.1 Å². The number of carbonyl (C=O) groups is 1. The van der Waals surface area contributed by atoms with Gasteiger partial charge in [0, 0.05) is 32.0 Å². The van der Waals surface area contributed by atoms with Crippen molar-refractivity contribution in [3.05, 3.63) is 11.0 Å². The Morgan fingerprint density at radius 2 is 1.63 bits per heavy atom. The summed E-state index contributed by atoms with van der Waals surface area (Å²) in [6, 6.07) is 0. The van der Waals surface area contributed by atoms with Gasteiger partial charge in [-0.25, -0.2) is 13.2 Å². The molecule has 0 fully saturated rings. The van der Waals surface area contributed by atoms with Gasteiger partial charge < -0.3 is 14.2 Å². The van der Waals surface area contributed by atoms with Gasteiger partial charge in [-0.15, -0.1) is 0 Å². The van der Waals surface area contributed by atoms with Gasteiger partial charge in [-0.1, -0.05) is 0 Å². The molecule has 0 aromatic rings. The molecule has 112 valence electrons. The lowest BCUT2D eigenvalue weighted by molar-refractivity contribution is -0.137. The summed E-state index contributed by atoms with van der Waals surface area (Å²) in [5.74, 6) is -0.685. The molecule has 0 aliphatic rings. The average Bonchev–Trinajstić information content (AvgIpc) is 2.27. The largest absolute Gasteiger partial charge is 0.463 e. The summed E-state index contributed by atoms with van der Waals surface area (Å²) in [4.78, 5) is 11.3. The number of rotatable bonds is 9. The second-order valence-corrected chi connectivity index (χ2v) is 5.75. The van der Waals surface area contributed by atoms with Gasteiger partial charge in [0.15, 0.2) is 16.1 Å². The summed E-state index contributed by atoms with van der Waals surface area (Å²) in [6.07, 6.45) is 1.31. The van der Waals surface area contributed by atoms with E-state index in [4.69, 9.17) is 14.2 Å². The van der Waals surface area contributed by atoms with E-state index in [0.717, 1.165) is 12.3 Å². The Morgan fingerprint density at radius 1 is 1.11 bits per heavy atom. The van der Waals surface area contributed by atoms with Crippen LogP contribution in [0.15, 0.2) is 11.0 Å². The van der Waals surface area contributed by atoms with E-state index >= 15 is 0 Å². The molecule has 0 unspecified atom stereocenters. The van der Waals surface area contributed by atoms with Crippen LogP contribution in [-0.2, 0) is 28.8 Å². The van der Waals surface area contributed by atoms with E-state index in [1.165, 1.54) is 0 Å². The first-order valence-corrected chi connectivity index (χ1v) is 8.04. The molecule has 0 amide bonds. The molecule has 0 heterocycles. The molecule has 0 saturated carbocycles. The SMILES string of the molecule is CCOC(=O)/C=C(/CC(OCC)OCC)S(C)(=O)=O. The molecule has 19 heavy (non-hydrogen) atoms. The Hall–Kier alpha value is -0.920. The van der Waals surface area contributed by atoms with Crippen LogP contribution in [0.4, 0.5) is 0 Å². The minimum atomic E-state index is -3.51. The molecule has 6 nitrogen and oxygen atoms in total. The molecule has 0 N–H and O–H groups in total. The smallest absolute Gasteiger partial charge is 0.331 e. The van der Waals surface area contributed by atoms with Gasteiger partial charge in [-0.2, -0.15) is 0 Å². The Kier molecular flexibility index (Phi) is 8.62. The lowest BCUT2D eigenvalue weighted by atomic mass is 10.3. The van der Waals surface area contributed by atoms with Gasteiger partial charge in [0.2, 0.25) is 0 Å². The van der Waals surface area contributed by atoms with Crippen LogP contribution >= 0.6 is 0 Å². The second-order valence-electron chi connectivity index (χ2n) is 3.68. The highest BCUT2D eigenvalue weighted by Crippen LogP contribution is 2.16. The van der Waals surface area contributed by atoms with Crippen LogP contribution in [0.5, 0.6) is 0 Å². The van der Waals surface area contributed by atoms with Crippen molar-refractivity contribution in [2.75, 3.05) is 26.1 Å². The summed E-state index contributed by atoms with van der Waals surface area (Å²) in [6.45, 7) is 6.17. The van der Waals surface area contributed by atoms with Crippen LogP contribution in [-0.4, -0.2) is 46.8 Å². The van der Waals surface area contributed by atoms with Crippen molar-refractivity contribution < 1.29 is 27.4 Å². The Morgan fingerprint density at radius 3 is 2.00 bits per heavy atom. The lowest BCUT2D eigenvalue weighted by Crippen LogP contribution is -2.21. The Balaban J connectivity index is 5.00. The van der Waals surface area contributed by atoms with Gasteiger partial charge in [0.05, 0.1) is 11.5 Å². The van der Waals surface area contributed by atoms with Gasteiger partial charge in [-0.3, -0.25) is 0 Å². The van der Waals surface area contributed by atoms with E-state index in [1.807, 2.05) is 0 Å². The zero-order valence-electron chi connectivity index (χ0n) is 11.8. The van der Waals surface area contributed by atoms with Crippen molar-refractivity contribution in [2.45, 2.75) is 33.5 Å². The molecule has 0 atom stereocenters. The van der Waals surface area contributed by atoms with Gasteiger partial charge in [-0.05, 0) is 20.8 Å². The number of hydrogen-bond donors (Lipinski definition) is 0. The maximum Gasteiger partial charge on any atom is 0.331 e. The minimum Gasteiger partial charge on any atom is -0.463 e. The summed E-state index contributed by atoms with van der Waals surface area (Å²) in [5, 5.41) is 0. The summed E-state index contributed by atoms with van der Waals surface area (Å²) in [5.41, 5.74) is 0. The first kappa shape index (κ1) is 18.1. The molecule has 0 aliphatic heterocycles. The molecule has 0 saturated heterocycles. The van der Waals surface area contributed by atoms with Crippen LogP contribution in [0.1, 0.15) is 27.2 Å². The number of carbonyl (C=O) groups excluding carboxylic acids is 1. The van der Waals surface area contributed by atoms with E-state index in [9.17, 15) is 13.2 Å². The van der Waals surface area contributed by atoms with E-state index in [1.54, 1.807) is 20.8 Å². The van der Waals surface area contributed by atoms with E-state index in [-0.39, 0.29) is 17.9 Å². The maximum absolute atomic E-state index is 11.6. The molecule has 0 bridgehead atoms. The number of hydrogen-bond acceptors (Lipinski definition) is 6. The minimum absolute atomic E-state index is 0.0146. The third kappa shape index (κ3) is 7.97. The number of sulfone groups is 1. The predicted octanol–water partition coefficient (Wildman–Crippen LogP) is 1.27. The zero-order valence-corrected chi connectivity index (χ0v) is 12.7. The van der Waals surface area contributed by atoms with Crippen LogP contribution in [0.3, 0.4) is 0 Å². The van der Waals surface area contributed by atoms with Gasteiger partial charge >= 0.3 is 5.97 Å². The monoisotopic (exact) mass is 294 g/mol. The molecular weight excluding hydrogens is 272 g/mol. The fourth-order valence-electron chi connectivity index (χ4n) is 1.33. The molecule has 0 aromatic heterocycles. The highest BCUT2D eigenvalue weighted by molar-refractivity contribution is 7.94. The van der Waals surface area contributed by atoms with Crippen molar-refractivity contribution in [1.29, 1.82) is 0 Å². The van der Waals surface area contributed by atoms with Crippen LogP contribution in [0.25, 0.3) is 0 Å². The maximum atomic E-state index is 11.6. The summed E-state index contributed by atoms with van der Waals surface area (Å²) >= 11 is 0. The van der Waals surface area contributed by atoms with Crippen LogP contribution < -0.4 is 0 Å². The van der Waals surface area contributed by atoms with E-state index in [2.05, 4.69) is 0 Å². The fourth-order valence-corrected chi connectivity index (χ4v) is 2.08. The second kappa shape index (κ2) is 9.06. The molecule has 0 rings (SSSR count). The quantitative estimate of drug-likeness (QED) is 0.362. The molecular formula is C12H22O6S. The van der Waals surface area contributed by atoms with Gasteiger partial charge in [0.25, 0.3) is 0 Å². The Bertz CT molecular complexity index is 392. The number of esters is 1. The topological polar surface area (TPSA) is 78.9 Å². The van der Waals surface area contributed by atoms with Crippen LogP contribution in [0.2, 0.25) is 0 Å². The highest BCUT2D eigenvalue weighted by Gasteiger charge is 2.20. The molecule has 0 aromatic carbocycles. The molecule has 7 heteroatoms. The average molecular weight is 294 g/mol. The Labute approximate surface area is 114 Å². The van der Waals surface area contributed by atoms with Crippen molar-refractivity contribution in [3.63, 3.8) is 0 Å². The predicted molar refractivity (Wildman–Crippen MR) is 71.2 cm³/mol. The number of ether oxygens (including phenoxy) is 3. The van der Waals surface area contributed by atoms with Crippen molar-refractivity contribution in [2.24, 2.45) is 0 Å². The standard InChI is InChI=1S/C12H22O6S/c1-5-16-11(13)8-10(19(4,14)15)9-12(17-6-2)18-7-3/h8,12H,5-7,9H2,1-4H3/b10-8-. The first-order chi connectivity index (χ1) is 8.85. The lowest BCUT2D eigenvalue weighted by Gasteiger charge is -2.17. The molecule has 0 radical (unpaired) electrons. The summed E-state index contributed by atoms with van der Waals surface area (Å²) in [7, 11) is -3.51. The third-order valence-electron chi connectivity index (χ3n) is 2.11. The first-order valence-electron chi connectivity index (χ1n) is 6.15. The zero-order chi connectivity index (χ0) is 14.9. The van der Waals surface area contributed by atoms with Crippen molar-refractivity contribution in [3.8, 4) is 0 Å². The highest BCUT2D eigenvalue weighted by atomic mass is 32.2. The van der Waals surface area contributed by atoms with Crippen LogP contribution in [0, 0.1) is 0 Å². The summed E-state index contributed by atoms with van der Waals surface area (Å²) < 4.78 is 38.5. The molecule has 0 spiro atoms. The third-order valence-corrected chi connectivity index (χ3v) is 3.35. The van der Waals surface area contributed by atoms with Crippen molar-refractivity contribution >= 4 is 15.8 Å². The van der Waals surface area contributed by atoms with Gasteiger partial charge in [0.1, 0.15) is 0 Å². The normalized spacial score (nSPS) is 12.8. The van der Waals surface area contributed by atoms with Crippen molar-refractivity contribution in [1.82, 2.24) is 0 Å². The fraction of sp³-hybridized carbons (Fsp3) is 0.750.